The third-order valence-electron chi connectivity index (χ3n) is 2.91. The molecule has 1 aromatic heterocycles. The Morgan fingerprint density at radius 1 is 1.22 bits per heavy atom. The van der Waals surface area contributed by atoms with E-state index >= 15 is 0 Å². The van der Waals surface area contributed by atoms with Crippen molar-refractivity contribution in [1.82, 2.24) is 4.98 Å². The van der Waals surface area contributed by atoms with Crippen LogP contribution in [-0.4, -0.2) is 10.1 Å². The summed E-state index contributed by atoms with van der Waals surface area (Å²) >= 11 is 3.40. The van der Waals surface area contributed by atoms with Crippen molar-refractivity contribution in [3.63, 3.8) is 0 Å². The van der Waals surface area contributed by atoms with E-state index in [2.05, 4.69) is 20.9 Å². The van der Waals surface area contributed by atoms with Gasteiger partial charge in [0.1, 0.15) is 6.10 Å². The topological polar surface area (TPSA) is 33.1 Å². The Bertz CT molecular complexity index is 537. The zero-order valence-electron chi connectivity index (χ0n) is 10.5. The lowest BCUT2D eigenvalue weighted by molar-refractivity contribution is 0.173. The van der Waals surface area contributed by atoms with Crippen molar-refractivity contribution in [3.8, 4) is 0 Å². The maximum Gasteiger partial charge on any atom is 0.100 e. The van der Waals surface area contributed by atoms with Crippen molar-refractivity contribution >= 4 is 15.9 Å². The van der Waals surface area contributed by atoms with Gasteiger partial charge in [0.2, 0.25) is 0 Å². The summed E-state index contributed by atoms with van der Waals surface area (Å²) in [5.41, 5.74) is 4.03. The molecule has 0 saturated heterocycles. The largest absolute Gasteiger partial charge is 0.386 e. The van der Waals surface area contributed by atoms with E-state index in [1.807, 2.05) is 44.2 Å². The fraction of sp³-hybridized carbons (Fsp3) is 0.267. The van der Waals surface area contributed by atoms with Crippen molar-refractivity contribution < 1.29 is 5.11 Å². The molecule has 0 fully saturated rings. The SMILES string of the molecule is Cc1cnc(C(O)Cc2ccc(Br)cc2)c(C)c1. The van der Waals surface area contributed by atoms with Crippen molar-refractivity contribution in [2.24, 2.45) is 0 Å². The number of nitrogens with zero attached hydrogens (tertiary/aromatic N) is 1. The van der Waals surface area contributed by atoms with Crippen LogP contribution in [0.3, 0.4) is 0 Å². The predicted octanol–water partition coefficient (Wildman–Crippen LogP) is 3.74. The van der Waals surface area contributed by atoms with Crippen LogP contribution >= 0.6 is 15.9 Å². The number of aliphatic hydroxyl groups excluding tert-OH is 1. The first kappa shape index (κ1) is 13.2. The highest BCUT2D eigenvalue weighted by molar-refractivity contribution is 9.10. The van der Waals surface area contributed by atoms with Crippen LogP contribution in [0.5, 0.6) is 0 Å². The van der Waals surface area contributed by atoms with E-state index < -0.39 is 6.10 Å². The van der Waals surface area contributed by atoms with E-state index in [-0.39, 0.29) is 0 Å². The molecule has 1 atom stereocenters. The minimum absolute atomic E-state index is 0.549. The molecular weight excluding hydrogens is 290 g/mol. The molecule has 0 aliphatic heterocycles. The van der Waals surface area contributed by atoms with Gasteiger partial charge in [0.05, 0.1) is 5.69 Å². The standard InChI is InChI=1S/C15H16BrNO/c1-10-7-11(2)15(17-9-10)14(18)8-12-3-5-13(16)6-4-12/h3-7,9,14,18H,8H2,1-2H3. The predicted molar refractivity (Wildman–Crippen MR) is 76.5 cm³/mol. The molecule has 3 heteroatoms. The number of hydrogen-bond donors (Lipinski definition) is 1. The molecule has 0 aliphatic carbocycles. The molecule has 1 aromatic carbocycles. The fourth-order valence-corrected chi connectivity index (χ4v) is 2.28. The third kappa shape index (κ3) is 3.18. The fourth-order valence-electron chi connectivity index (χ4n) is 2.02. The Kier molecular flexibility index (Phi) is 4.15. The van der Waals surface area contributed by atoms with Gasteiger partial charge in [-0.2, -0.15) is 0 Å². The summed E-state index contributed by atoms with van der Waals surface area (Å²) in [6.07, 6.45) is 1.84. The van der Waals surface area contributed by atoms with Crippen molar-refractivity contribution in [2.75, 3.05) is 0 Å². The van der Waals surface area contributed by atoms with E-state index in [0.717, 1.165) is 26.9 Å². The lowest BCUT2D eigenvalue weighted by Gasteiger charge is -2.13. The van der Waals surface area contributed by atoms with Gasteiger partial charge in [0, 0.05) is 17.1 Å². The minimum Gasteiger partial charge on any atom is -0.386 e. The number of halogens is 1. The molecule has 2 nitrogen and oxygen atoms in total. The number of pyridine rings is 1. The van der Waals surface area contributed by atoms with Crippen LogP contribution in [0.2, 0.25) is 0 Å². The molecule has 0 bridgehead atoms. The molecule has 0 amide bonds. The lowest BCUT2D eigenvalue weighted by atomic mass is 10.0. The van der Waals surface area contributed by atoms with Crippen molar-refractivity contribution in [1.29, 1.82) is 0 Å². The Morgan fingerprint density at radius 3 is 2.50 bits per heavy atom. The summed E-state index contributed by atoms with van der Waals surface area (Å²) in [5, 5.41) is 10.2. The van der Waals surface area contributed by atoms with Crippen molar-refractivity contribution in [2.45, 2.75) is 26.4 Å². The second-order valence-electron chi connectivity index (χ2n) is 4.56. The van der Waals surface area contributed by atoms with Crippen LogP contribution in [0.15, 0.2) is 41.0 Å². The van der Waals surface area contributed by atoms with Gasteiger partial charge < -0.3 is 5.11 Å². The van der Waals surface area contributed by atoms with Gasteiger partial charge in [-0.25, -0.2) is 0 Å². The summed E-state index contributed by atoms with van der Waals surface area (Å²) in [5.74, 6) is 0. The quantitative estimate of drug-likeness (QED) is 0.937. The molecule has 0 spiro atoms. The Morgan fingerprint density at radius 2 is 1.89 bits per heavy atom. The third-order valence-corrected chi connectivity index (χ3v) is 3.44. The second-order valence-corrected chi connectivity index (χ2v) is 5.48. The highest BCUT2D eigenvalue weighted by Crippen LogP contribution is 2.21. The zero-order chi connectivity index (χ0) is 13.1. The van der Waals surface area contributed by atoms with Crippen LogP contribution in [0.4, 0.5) is 0 Å². The monoisotopic (exact) mass is 305 g/mol. The second kappa shape index (κ2) is 5.63. The van der Waals surface area contributed by atoms with E-state index in [1.165, 1.54) is 0 Å². The van der Waals surface area contributed by atoms with Gasteiger partial charge >= 0.3 is 0 Å². The highest BCUT2D eigenvalue weighted by Gasteiger charge is 2.12. The minimum atomic E-state index is -0.549. The van der Waals surface area contributed by atoms with Crippen LogP contribution in [0, 0.1) is 13.8 Å². The molecular formula is C15H16BrNO. The number of aromatic nitrogens is 1. The Labute approximate surface area is 116 Å². The van der Waals surface area contributed by atoms with E-state index in [1.54, 1.807) is 6.20 Å². The number of aliphatic hydroxyl groups is 1. The lowest BCUT2D eigenvalue weighted by Crippen LogP contribution is -2.06. The molecule has 1 heterocycles. The van der Waals surface area contributed by atoms with Crippen LogP contribution in [0.1, 0.15) is 28.5 Å². The van der Waals surface area contributed by atoms with Crippen LogP contribution in [-0.2, 0) is 6.42 Å². The number of benzene rings is 1. The van der Waals surface area contributed by atoms with Crippen LogP contribution < -0.4 is 0 Å². The van der Waals surface area contributed by atoms with Gasteiger partial charge in [-0.05, 0) is 42.7 Å². The summed E-state index contributed by atoms with van der Waals surface area (Å²) in [4.78, 5) is 4.33. The first-order chi connectivity index (χ1) is 8.56. The average Bonchev–Trinajstić information content (AvgIpc) is 2.32. The van der Waals surface area contributed by atoms with E-state index in [0.29, 0.717) is 6.42 Å². The highest BCUT2D eigenvalue weighted by atomic mass is 79.9. The number of aryl methyl sites for hydroxylation is 2. The first-order valence-electron chi connectivity index (χ1n) is 5.92. The average molecular weight is 306 g/mol. The summed E-state index contributed by atoms with van der Waals surface area (Å²) in [6.45, 7) is 3.99. The van der Waals surface area contributed by atoms with E-state index in [9.17, 15) is 5.11 Å². The molecule has 1 N–H and O–H groups in total. The first-order valence-corrected chi connectivity index (χ1v) is 6.71. The summed E-state index contributed by atoms with van der Waals surface area (Å²) in [6, 6.07) is 10.0. The molecule has 1 unspecified atom stereocenters. The van der Waals surface area contributed by atoms with Gasteiger partial charge in [-0.1, -0.05) is 34.1 Å². The van der Waals surface area contributed by atoms with Crippen molar-refractivity contribution in [3.05, 3.63) is 63.4 Å². The maximum absolute atomic E-state index is 10.2. The molecule has 18 heavy (non-hydrogen) atoms. The van der Waals surface area contributed by atoms with Gasteiger partial charge in [0.25, 0.3) is 0 Å². The van der Waals surface area contributed by atoms with E-state index in [4.69, 9.17) is 0 Å². The number of rotatable bonds is 3. The van der Waals surface area contributed by atoms with Gasteiger partial charge in [-0.15, -0.1) is 0 Å². The molecule has 0 saturated carbocycles. The van der Waals surface area contributed by atoms with Crippen LogP contribution in [0.25, 0.3) is 0 Å². The zero-order valence-corrected chi connectivity index (χ0v) is 12.1. The molecule has 0 radical (unpaired) electrons. The molecule has 2 rings (SSSR count). The smallest absolute Gasteiger partial charge is 0.100 e. The summed E-state index contributed by atoms with van der Waals surface area (Å²) < 4.78 is 1.05. The maximum atomic E-state index is 10.2. The Balaban J connectivity index is 2.16. The van der Waals surface area contributed by atoms with Gasteiger partial charge in [0.15, 0.2) is 0 Å². The Hall–Kier alpha value is -1.19. The molecule has 2 aromatic rings. The van der Waals surface area contributed by atoms with Gasteiger partial charge in [-0.3, -0.25) is 4.98 Å². The molecule has 94 valence electrons. The number of hydrogen-bond acceptors (Lipinski definition) is 2. The molecule has 0 aliphatic rings. The summed E-state index contributed by atoms with van der Waals surface area (Å²) in [7, 11) is 0. The normalized spacial score (nSPS) is 12.4.